The average Bonchev–Trinajstić information content (AvgIpc) is 3.44. The van der Waals surface area contributed by atoms with E-state index in [1.54, 1.807) is 0 Å². The van der Waals surface area contributed by atoms with Crippen molar-refractivity contribution in [1.82, 2.24) is 4.90 Å². The number of anilines is 1. The van der Waals surface area contributed by atoms with Gasteiger partial charge >= 0.3 is 220 Å². The molecule has 2 aromatic carbocycles. The Balaban J connectivity index is 1.80. The van der Waals surface area contributed by atoms with Gasteiger partial charge in [0.2, 0.25) is 0 Å². The van der Waals surface area contributed by atoms with Crippen molar-refractivity contribution in [3.63, 3.8) is 0 Å². The van der Waals surface area contributed by atoms with E-state index in [4.69, 9.17) is 4.74 Å². The molecule has 2 aromatic rings. The first-order valence-electron chi connectivity index (χ1n) is 11.7. The van der Waals surface area contributed by atoms with Crippen molar-refractivity contribution in [3.8, 4) is 0 Å². The van der Waals surface area contributed by atoms with Crippen molar-refractivity contribution >= 4 is 52.5 Å². The van der Waals surface area contributed by atoms with Crippen LogP contribution in [0.4, 0.5) is 5.69 Å². The minimum absolute atomic E-state index is 0.0138. The van der Waals surface area contributed by atoms with Gasteiger partial charge in [-0.15, -0.1) is 0 Å². The number of carbonyl (C=O) groups excluding carboxylic acids is 1. The van der Waals surface area contributed by atoms with Gasteiger partial charge in [-0.2, -0.15) is 0 Å². The quantitative estimate of drug-likeness (QED) is 0.284. The number of para-hydroxylation sites is 1. The van der Waals surface area contributed by atoms with Gasteiger partial charge in [0.25, 0.3) is 0 Å². The number of likely N-dealkylation sites (tertiary alicyclic amines) is 1. The van der Waals surface area contributed by atoms with E-state index in [1.807, 2.05) is 36.4 Å². The van der Waals surface area contributed by atoms with Crippen molar-refractivity contribution in [2.75, 3.05) is 25.5 Å². The van der Waals surface area contributed by atoms with Gasteiger partial charge in [-0.25, -0.2) is 0 Å². The fourth-order valence-corrected chi connectivity index (χ4v) is 10.8. The molecule has 3 aliphatic rings. The first-order chi connectivity index (χ1) is 16.5. The number of methoxy groups -OCH3 is 1. The van der Waals surface area contributed by atoms with E-state index in [2.05, 4.69) is 68.1 Å². The molecule has 0 radical (unpaired) electrons. The van der Waals surface area contributed by atoms with Crippen molar-refractivity contribution in [3.05, 3.63) is 81.6 Å². The Labute approximate surface area is 218 Å². The third kappa shape index (κ3) is 3.39. The summed E-state index contributed by atoms with van der Waals surface area (Å²) >= 11 is -0.329. The normalized spacial score (nSPS) is 28.9. The Hall–Kier alpha value is -1.80. The van der Waals surface area contributed by atoms with Crippen LogP contribution in [0.2, 0.25) is 4.31 Å². The van der Waals surface area contributed by atoms with Gasteiger partial charge in [-0.05, 0) is 0 Å². The van der Waals surface area contributed by atoms with E-state index in [1.165, 1.54) is 12.7 Å². The average molecular weight is 635 g/mol. The summed E-state index contributed by atoms with van der Waals surface area (Å²) in [6.07, 6.45) is 4.23. The van der Waals surface area contributed by atoms with Crippen LogP contribution >= 0.6 is 22.6 Å². The molecule has 0 bridgehead atoms. The van der Waals surface area contributed by atoms with Crippen LogP contribution in [0, 0.1) is 0 Å². The standard InChI is InChI=1S/C27H29IN2O3Se/c1-3-26(34(32)19-10-5-4-6-11-19)18-20(24(31)33-2)23-27(21-12-7-8-13-22(21)29-23)14-17-30(25(26)27)16-9-15-28/h4-13,15,25,29H,3,14,16-18H2,1-2H3/b15-9-/t25-,26+,27-,34?/m0/s1. The van der Waals surface area contributed by atoms with Crippen molar-refractivity contribution < 1.29 is 13.4 Å². The molecule has 1 spiro atoms. The zero-order valence-corrected chi connectivity index (χ0v) is 23.3. The Kier molecular flexibility index (Phi) is 6.57. The van der Waals surface area contributed by atoms with Gasteiger partial charge in [0, 0.05) is 0 Å². The zero-order chi connectivity index (χ0) is 23.9. The van der Waals surface area contributed by atoms with E-state index in [9.17, 15) is 8.63 Å². The van der Waals surface area contributed by atoms with Gasteiger partial charge in [-0.3, -0.25) is 0 Å². The molecule has 1 fully saturated rings. The van der Waals surface area contributed by atoms with Gasteiger partial charge in [0.15, 0.2) is 0 Å². The van der Waals surface area contributed by atoms with Crippen LogP contribution in [0.5, 0.6) is 0 Å². The second kappa shape index (κ2) is 9.34. The van der Waals surface area contributed by atoms with E-state index >= 15 is 0 Å². The number of halogens is 1. The van der Waals surface area contributed by atoms with Gasteiger partial charge in [0.05, 0.1) is 0 Å². The first-order valence-corrected chi connectivity index (χ1v) is 15.3. The van der Waals surface area contributed by atoms with Crippen LogP contribution in [0.15, 0.2) is 76.0 Å². The molecular weight excluding hydrogens is 606 g/mol. The summed E-state index contributed by atoms with van der Waals surface area (Å²) in [7, 11) is 1.44. The molecule has 5 rings (SSSR count). The molecule has 1 N–H and O–H groups in total. The van der Waals surface area contributed by atoms with E-state index in [0.717, 1.165) is 41.8 Å². The summed E-state index contributed by atoms with van der Waals surface area (Å²) in [5, 5.41) is 3.63. The van der Waals surface area contributed by atoms with Crippen LogP contribution in [-0.2, 0) is 18.8 Å². The molecule has 7 heteroatoms. The number of nitrogens with one attached hydrogen (secondary N) is 1. The molecule has 0 amide bonds. The summed E-state index contributed by atoms with van der Waals surface area (Å²) in [5.41, 5.74) is 3.46. The fraction of sp³-hybridized carbons (Fsp3) is 0.370. The van der Waals surface area contributed by atoms with Gasteiger partial charge in [-0.1, -0.05) is 0 Å². The first kappa shape index (κ1) is 23.9. The van der Waals surface area contributed by atoms with E-state index in [-0.39, 0.29) is 12.0 Å². The summed E-state index contributed by atoms with van der Waals surface area (Å²) in [5.74, 6) is -0.316. The minimum atomic E-state index is -2.59. The van der Waals surface area contributed by atoms with Crippen LogP contribution < -0.4 is 9.78 Å². The summed E-state index contributed by atoms with van der Waals surface area (Å²) in [4.78, 5) is 15.7. The molecule has 178 valence electrons. The number of benzene rings is 2. The number of nitrogens with zero attached hydrogens (tertiary/aromatic N) is 1. The fourth-order valence-electron chi connectivity index (χ4n) is 6.48. The predicted molar refractivity (Wildman–Crippen MR) is 144 cm³/mol. The maximum atomic E-state index is 14.6. The third-order valence-corrected chi connectivity index (χ3v) is 12.7. The van der Waals surface area contributed by atoms with Crippen LogP contribution in [-0.4, -0.2) is 50.9 Å². The number of hydrogen-bond acceptors (Lipinski definition) is 5. The van der Waals surface area contributed by atoms with Gasteiger partial charge < -0.3 is 0 Å². The van der Waals surface area contributed by atoms with Crippen molar-refractivity contribution in [1.29, 1.82) is 0 Å². The summed E-state index contributed by atoms with van der Waals surface area (Å²) < 4.78 is 22.3. The Morgan fingerprint density at radius 2 is 1.97 bits per heavy atom. The maximum absolute atomic E-state index is 14.6. The molecule has 1 unspecified atom stereocenters. The SMILES string of the molecule is CC[C@@]1([Se](=O)c2ccccc2)CC(C(=O)OC)=C2Nc3ccccc3[C@@]23CCN(C/C=C\I)[C@@H]13. The molecule has 4 atom stereocenters. The van der Waals surface area contributed by atoms with Crippen LogP contribution in [0.3, 0.4) is 0 Å². The molecule has 1 aliphatic carbocycles. The van der Waals surface area contributed by atoms with Crippen LogP contribution in [0.25, 0.3) is 0 Å². The van der Waals surface area contributed by atoms with Crippen LogP contribution in [0.1, 0.15) is 31.7 Å². The second-order valence-corrected chi connectivity index (χ2v) is 13.7. The zero-order valence-electron chi connectivity index (χ0n) is 19.4. The monoisotopic (exact) mass is 636 g/mol. The summed E-state index contributed by atoms with van der Waals surface area (Å²) in [6, 6.07) is 18.3. The number of fused-ring (bicyclic) bond motifs is 1. The number of carbonyl (C=O) groups is 1. The van der Waals surface area contributed by atoms with Gasteiger partial charge in [0.1, 0.15) is 0 Å². The molecule has 0 aromatic heterocycles. The Bertz CT molecular complexity index is 1200. The molecule has 1 saturated heterocycles. The second-order valence-electron chi connectivity index (χ2n) is 9.17. The van der Waals surface area contributed by atoms with Crippen molar-refractivity contribution in [2.24, 2.45) is 0 Å². The van der Waals surface area contributed by atoms with E-state index < -0.39 is 23.6 Å². The number of rotatable bonds is 6. The Morgan fingerprint density at radius 1 is 1.24 bits per heavy atom. The third-order valence-electron chi connectivity index (χ3n) is 7.80. The molecule has 5 nitrogen and oxygen atoms in total. The molecule has 2 aliphatic heterocycles. The molecule has 34 heavy (non-hydrogen) atoms. The predicted octanol–water partition coefficient (Wildman–Crippen LogP) is 4.68. The van der Waals surface area contributed by atoms with Crippen molar-refractivity contribution in [2.45, 2.75) is 42.0 Å². The molecule has 0 saturated carbocycles. The number of esters is 1. The van der Waals surface area contributed by atoms with E-state index in [0.29, 0.717) is 12.0 Å². The topological polar surface area (TPSA) is 58.6 Å². The summed E-state index contributed by atoms with van der Waals surface area (Å²) in [6.45, 7) is 3.83. The molecular formula is C27H29IN2O3Se. The molecule has 2 heterocycles. The number of ether oxygens (including phenoxy) is 1. The Morgan fingerprint density at radius 3 is 2.68 bits per heavy atom. The number of hydrogen-bond donors (Lipinski definition) is 1.